The highest BCUT2D eigenvalue weighted by Crippen LogP contribution is 2.37. The highest BCUT2D eigenvalue weighted by molar-refractivity contribution is 7.92. The first-order chi connectivity index (χ1) is 19.5. The van der Waals surface area contributed by atoms with Gasteiger partial charge in [0, 0.05) is 0 Å². The third kappa shape index (κ3) is 7.03. The number of aryl methyl sites for hydroxylation is 1. The first-order valence-corrected chi connectivity index (χ1v) is 18.3. The molecule has 222 valence electrons. The van der Waals surface area contributed by atoms with Gasteiger partial charge in [-0.15, -0.1) is 0 Å². The average Bonchev–Trinajstić information content (AvgIpc) is 3.03. The monoisotopic (exact) mass is 594 g/mol. The zero-order chi connectivity index (χ0) is 29.7. The number of ether oxygens (including phenoxy) is 1. The molecule has 0 aromatic heterocycles. The van der Waals surface area contributed by atoms with E-state index >= 15 is 0 Å². The summed E-state index contributed by atoms with van der Waals surface area (Å²) < 4.78 is 40.9. The van der Waals surface area contributed by atoms with Crippen molar-refractivity contribution in [3.05, 3.63) is 90.5 Å². The molecule has 1 aliphatic rings. The molecular weight excluding hydrogens is 549 g/mol. The fraction of sp³-hybridized carbons (Fsp3) is 0.471. The molecule has 7 heteroatoms. The molecule has 0 amide bonds. The molecule has 0 bridgehead atoms. The smallest absolute Gasteiger partial charge is 0.261 e. The molecule has 4 rings (SSSR count). The van der Waals surface area contributed by atoms with Gasteiger partial charge >= 0.3 is 0 Å². The van der Waals surface area contributed by atoms with Crippen molar-refractivity contribution >= 4 is 28.5 Å². The quantitative estimate of drug-likeness (QED) is 0.333. The van der Waals surface area contributed by atoms with Crippen molar-refractivity contribution in [2.75, 3.05) is 6.61 Å². The van der Waals surface area contributed by atoms with Gasteiger partial charge in [0.15, 0.2) is 9.84 Å². The molecule has 0 saturated carbocycles. The lowest BCUT2D eigenvalue weighted by molar-refractivity contribution is -0.0921. The number of hydrogen-bond acceptors (Lipinski definition) is 5. The van der Waals surface area contributed by atoms with E-state index in [1.54, 1.807) is 12.1 Å². The average molecular weight is 595 g/mol. The van der Waals surface area contributed by atoms with E-state index in [2.05, 4.69) is 69.3 Å². The van der Waals surface area contributed by atoms with Crippen molar-refractivity contribution in [2.45, 2.75) is 100 Å². The number of rotatable bonds is 8. The molecule has 4 atom stereocenters. The fourth-order valence-corrected chi connectivity index (χ4v) is 12.6. The molecule has 5 nitrogen and oxygen atoms in total. The minimum Gasteiger partial charge on any atom is -0.405 e. The summed E-state index contributed by atoms with van der Waals surface area (Å²) in [6.45, 7) is 11.1. The van der Waals surface area contributed by atoms with Gasteiger partial charge in [0.25, 0.3) is 8.32 Å². The van der Waals surface area contributed by atoms with E-state index in [-0.39, 0.29) is 17.6 Å². The molecule has 1 heterocycles. The number of aliphatic hydroxyl groups is 1. The molecule has 41 heavy (non-hydrogen) atoms. The highest BCUT2D eigenvalue weighted by atomic mass is 32.2. The Bertz CT molecular complexity index is 1300. The van der Waals surface area contributed by atoms with E-state index in [1.807, 2.05) is 38.1 Å². The van der Waals surface area contributed by atoms with E-state index in [4.69, 9.17) is 9.16 Å². The Balaban J connectivity index is 1.61. The molecule has 3 aromatic carbocycles. The van der Waals surface area contributed by atoms with Crippen LogP contribution in [0.25, 0.3) is 0 Å². The van der Waals surface area contributed by atoms with Crippen molar-refractivity contribution in [1.29, 1.82) is 0 Å². The summed E-state index contributed by atoms with van der Waals surface area (Å²) in [5.74, 6) is 0. The zero-order valence-corrected chi connectivity index (χ0v) is 26.9. The Hall–Kier alpha value is -2.29. The molecule has 1 aliphatic heterocycles. The van der Waals surface area contributed by atoms with Crippen molar-refractivity contribution in [1.82, 2.24) is 0 Å². The summed E-state index contributed by atoms with van der Waals surface area (Å²) >= 11 is 0. The second kappa shape index (κ2) is 13.3. The fourth-order valence-electron chi connectivity index (χ4n) is 6.19. The van der Waals surface area contributed by atoms with Gasteiger partial charge in [-0.1, -0.05) is 106 Å². The molecule has 1 fully saturated rings. The largest absolute Gasteiger partial charge is 0.405 e. The Morgan fingerprint density at radius 1 is 0.902 bits per heavy atom. The van der Waals surface area contributed by atoms with Crippen LogP contribution in [-0.4, -0.2) is 52.0 Å². The van der Waals surface area contributed by atoms with Gasteiger partial charge in [0.05, 0.1) is 35.1 Å². The van der Waals surface area contributed by atoms with Gasteiger partial charge in [-0.3, -0.25) is 0 Å². The van der Waals surface area contributed by atoms with E-state index < -0.39 is 35.6 Å². The summed E-state index contributed by atoms with van der Waals surface area (Å²) in [6, 6.07) is 28.1. The second-order valence-electron chi connectivity index (χ2n) is 12.4. The predicted octanol–water partition coefficient (Wildman–Crippen LogP) is 5.81. The Morgan fingerprint density at radius 2 is 1.46 bits per heavy atom. The van der Waals surface area contributed by atoms with E-state index in [9.17, 15) is 13.5 Å². The van der Waals surface area contributed by atoms with Gasteiger partial charge < -0.3 is 14.3 Å². The predicted molar refractivity (Wildman–Crippen MR) is 169 cm³/mol. The third-order valence-corrected chi connectivity index (χ3v) is 15.7. The van der Waals surface area contributed by atoms with Crippen LogP contribution < -0.4 is 10.4 Å². The first-order valence-electron chi connectivity index (χ1n) is 14.9. The van der Waals surface area contributed by atoms with E-state index in [0.29, 0.717) is 37.2 Å². The summed E-state index contributed by atoms with van der Waals surface area (Å²) in [4.78, 5) is 0.320. The van der Waals surface area contributed by atoms with Crippen molar-refractivity contribution in [2.24, 2.45) is 0 Å². The number of hydrogen-bond donors (Lipinski definition) is 1. The zero-order valence-electron chi connectivity index (χ0n) is 25.1. The minimum atomic E-state index is -3.58. The lowest BCUT2D eigenvalue weighted by Gasteiger charge is -2.44. The van der Waals surface area contributed by atoms with Gasteiger partial charge in [0.1, 0.15) is 0 Å². The van der Waals surface area contributed by atoms with E-state index in [0.717, 1.165) is 5.56 Å². The van der Waals surface area contributed by atoms with Crippen molar-refractivity contribution in [3.63, 3.8) is 0 Å². The first kappa shape index (κ1) is 31.6. The highest BCUT2D eigenvalue weighted by Gasteiger charge is 2.50. The maximum absolute atomic E-state index is 13.6. The maximum atomic E-state index is 13.6. The molecule has 1 N–H and O–H groups in total. The second-order valence-corrected chi connectivity index (χ2v) is 18.9. The lowest BCUT2D eigenvalue weighted by Crippen LogP contribution is -2.67. The Kier molecular flexibility index (Phi) is 10.3. The van der Waals surface area contributed by atoms with Gasteiger partial charge in [-0.25, -0.2) is 8.42 Å². The van der Waals surface area contributed by atoms with Crippen LogP contribution in [0.4, 0.5) is 0 Å². The molecule has 0 spiro atoms. The van der Waals surface area contributed by atoms with Crippen LogP contribution in [-0.2, 0) is 19.0 Å². The summed E-state index contributed by atoms with van der Waals surface area (Å²) in [5.41, 5.74) is 1.02. The van der Waals surface area contributed by atoms with Crippen molar-refractivity contribution < 1.29 is 22.7 Å². The minimum absolute atomic E-state index is 0.162. The van der Waals surface area contributed by atoms with Crippen LogP contribution in [0, 0.1) is 6.92 Å². The van der Waals surface area contributed by atoms with Crippen LogP contribution in [0.1, 0.15) is 65.4 Å². The van der Waals surface area contributed by atoms with Crippen LogP contribution in [0.15, 0.2) is 89.8 Å². The van der Waals surface area contributed by atoms with Crippen molar-refractivity contribution in [3.8, 4) is 0 Å². The van der Waals surface area contributed by atoms with Crippen LogP contribution in [0.5, 0.6) is 0 Å². The SMILES string of the molecule is CC[C@@H]1O[C@H](CO[Si](c2ccccc2)(c2ccccc2)C(C)(C)C)CCC[C@@H](S(=O)(=O)c2ccc(C)cc2)C[C@H]1O. The molecule has 0 unspecified atom stereocenters. The molecule has 3 aromatic rings. The maximum Gasteiger partial charge on any atom is 0.261 e. The third-order valence-electron chi connectivity index (χ3n) is 8.45. The summed E-state index contributed by atoms with van der Waals surface area (Å²) in [6.07, 6.45) is 0.982. The Labute approximate surface area is 248 Å². The van der Waals surface area contributed by atoms with Crippen LogP contribution in [0.3, 0.4) is 0 Å². The van der Waals surface area contributed by atoms with E-state index in [1.165, 1.54) is 10.4 Å². The molecular formula is C34H46O5SSi. The van der Waals surface area contributed by atoms with Gasteiger partial charge in [0.2, 0.25) is 0 Å². The molecule has 1 saturated heterocycles. The van der Waals surface area contributed by atoms with Gasteiger partial charge in [-0.2, -0.15) is 0 Å². The lowest BCUT2D eigenvalue weighted by atomic mass is 10.0. The number of benzene rings is 3. The number of aliphatic hydroxyl groups excluding tert-OH is 1. The van der Waals surface area contributed by atoms with Gasteiger partial charge in [-0.05, 0) is 66.6 Å². The van der Waals surface area contributed by atoms with Crippen LogP contribution in [0.2, 0.25) is 5.04 Å². The molecule has 0 radical (unpaired) electrons. The topological polar surface area (TPSA) is 72.8 Å². The standard InChI is InChI=1S/C34H46O5SSi/c1-6-33-32(35)24-29(40(36,37)28-22-20-26(2)21-23-28)15-13-14-27(39-33)25-38-41(34(3,4)5,30-16-9-7-10-17-30)31-18-11-8-12-19-31/h7-12,16-23,27,29,32-33,35H,6,13-15,24-25H2,1-5H3/t27-,29+,32+,33-/m0/s1. The van der Waals surface area contributed by atoms with Crippen LogP contribution >= 0.6 is 0 Å². The summed E-state index contributed by atoms with van der Waals surface area (Å²) in [7, 11) is -6.34. The normalized spacial score (nSPS) is 22.9. The number of sulfone groups is 1. The molecule has 0 aliphatic carbocycles. The Morgan fingerprint density at radius 3 is 1.98 bits per heavy atom. The summed E-state index contributed by atoms with van der Waals surface area (Å²) in [5, 5.41) is 12.8.